The van der Waals surface area contributed by atoms with Crippen LogP contribution in [0.3, 0.4) is 0 Å². The van der Waals surface area contributed by atoms with Crippen molar-refractivity contribution in [1.29, 1.82) is 0 Å². The Balaban J connectivity index is 2.65. The Morgan fingerprint density at radius 3 is 1.48 bits per heavy atom. The van der Waals surface area contributed by atoms with Crippen LogP contribution in [0.15, 0.2) is 60.7 Å². The zero-order valence-electron chi connectivity index (χ0n) is 13.5. The molecule has 21 heavy (non-hydrogen) atoms. The highest BCUT2D eigenvalue weighted by molar-refractivity contribution is 8.45. The summed E-state index contributed by atoms with van der Waals surface area (Å²) in [6.07, 6.45) is 5.30. The van der Waals surface area contributed by atoms with Gasteiger partial charge in [0.1, 0.15) is 0 Å². The first kappa shape index (κ1) is 16.7. The lowest BCUT2D eigenvalue weighted by molar-refractivity contribution is 1.10. The van der Waals surface area contributed by atoms with E-state index in [9.17, 15) is 0 Å². The highest BCUT2D eigenvalue weighted by Gasteiger charge is 2.36. The fraction of sp³-hybridized carbons (Fsp3) is 0.368. The molecule has 0 atom stereocenters. The molecular weight excluding hydrogens is 290 g/mol. The van der Waals surface area contributed by atoms with E-state index in [1.165, 1.54) is 24.9 Å². The van der Waals surface area contributed by atoms with Crippen LogP contribution in [0.5, 0.6) is 0 Å². The van der Waals surface area contributed by atoms with E-state index in [-0.39, 0.29) is 7.61 Å². The van der Waals surface area contributed by atoms with Gasteiger partial charge in [-0.2, -0.15) is 0 Å². The van der Waals surface area contributed by atoms with Gasteiger partial charge < -0.3 is 0 Å². The quantitative estimate of drug-likeness (QED) is 0.591. The maximum Gasteiger partial charge on any atom is -0.0198 e. The second-order valence-electron chi connectivity index (χ2n) is 5.30. The molecule has 0 aliphatic carbocycles. The minimum atomic E-state index is -1.25. The number of hydrogen-bond donors (Lipinski definition) is 0. The lowest BCUT2D eigenvalue weighted by Crippen LogP contribution is -2.24. The van der Waals surface area contributed by atoms with Crippen LogP contribution in [0.4, 0.5) is 0 Å². The Labute approximate surface area is 132 Å². The molecule has 0 spiro atoms. The highest BCUT2D eigenvalue weighted by atomic mass is 32.1. The fourth-order valence-electron chi connectivity index (χ4n) is 3.25. The predicted octanol–water partition coefficient (Wildman–Crippen LogP) is 5.50. The van der Waals surface area contributed by atoms with Crippen molar-refractivity contribution in [2.24, 2.45) is 0 Å². The van der Waals surface area contributed by atoms with E-state index in [0.29, 0.717) is 0 Å². The summed E-state index contributed by atoms with van der Waals surface area (Å²) in [6.45, 7) is 5.89. The Kier molecular flexibility index (Phi) is 6.40. The Bertz CT molecular complexity index is 478. The van der Waals surface area contributed by atoms with Crippen molar-refractivity contribution in [3.05, 3.63) is 60.7 Å². The molecule has 0 nitrogen and oxygen atoms in total. The second-order valence-corrected chi connectivity index (χ2v) is 14.3. The smallest absolute Gasteiger partial charge is 0.0198 e. The lowest BCUT2D eigenvalue weighted by Gasteiger charge is -2.44. The SMILES string of the molecule is CCC[P](c1ccccc1)(c1ccccc1)P(CC)CC. The third-order valence-corrected chi connectivity index (χ3v) is 16.5. The highest BCUT2D eigenvalue weighted by Crippen LogP contribution is 2.82. The first-order valence-corrected chi connectivity index (χ1v) is 12.4. The minimum absolute atomic E-state index is 0.0487. The maximum atomic E-state index is 2.39. The third-order valence-electron chi connectivity index (χ3n) is 4.13. The van der Waals surface area contributed by atoms with Crippen LogP contribution in [0.25, 0.3) is 0 Å². The zero-order chi connectivity index (χ0) is 15.1. The van der Waals surface area contributed by atoms with E-state index in [4.69, 9.17) is 0 Å². The molecular formula is C19H27P2. The average molecular weight is 317 g/mol. The van der Waals surface area contributed by atoms with Gasteiger partial charge in [0, 0.05) is 0 Å². The molecule has 2 heteroatoms. The molecule has 0 bridgehead atoms. The van der Waals surface area contributed by atoms with Gasteiger partial charge in [-0.3, -0.25) is 0 Å². The van der Waals surface area contributed by atoms with Crippen molar-refractivity contribution < 1.29 is 0 Å². The molecule has 0 aliphatic rings. The van der Waals surface area contributed by atoms with E-state index in [1.54, 1.807) is 10.6 Å². The maximum absolute atomic E-state index is 2.39. The standard InChI is InChI=1S/C19H27P2/c1-4-17-21(20(5-2)6-3,18-13-9-7-10-14-18)19-15-11-8-12-16-19/h7-16H,4-6,17H2,1-3H3. The largest absolute Gasteiger partial charge is 0.0771 e. The summed E-state index contributed by atoms with van der Waals surface area (Å²) < 4.78 is 0. The van der Waals surface area contributed by atoms with Crippen molar-refractivity contribution >= 4 is 25.2 Å². The third kappa shape index (κ3) is 3.39. The topological polar surface area (TPSA) is 0 Å². The van der Waals surface area contributed by atoms with Crippen LogP contribution in [0.2, 0.25) is 0 Å². The molecule has 0 fully saturated rings. The van der Waals surface area contributed by atoms with E-state index < -0.39 is 6.95 Å². The van der Waals surface area contributed by atoms with Gasteiger partial charge in [0.05, 0.1) is 0 Å². The molecule has 0 saturated carbocycles. The van der Waals surface area contributed by atoms with Crippen LogP contribution in [0.1, 0.15) is 27.2 Å². The van der Waals surface area contributed by atoms with Crippen LogP contribution < -0.4 is 10.6 Å². The molecule has 0 heterocycles. The molecule has 0 amide bonds. The number of rotatable bonds is 7. The number of hydrogen-bond acceptors (Lipinski definition) is 0. The second kappa shape index (κ2) is 8.07. The summed E-state index contributed by atoms with van der Waals surface area (Å²) in [7, 11) is 0.0487. The summed E-state index contributed by atoms with van der Waals surface area (Å²) in [6, 6.07) is 22.7. The Hall–Kier alpha value is -0.700. The molecule has 0 N–H and O–H groups in total. The van der Waals surface area contributed by atoms with Gasteiger partial charge in [-0.1, -0.05) is 95.5 Å². The summed E-state index contributed by atoms with van der Waals surface area (Å²) in [5.74, 6) is 0. The van der Waals surface area contributed by atoms with Gasteiger partial charge in [0.15, 0.2) is 0 Å². The van der Waals surface area contributed by atoms with Gasteiger partial charge >= 0.3 is 0 Å². The van der Waals surface area contributed by atoms with E-state index in [0.717, 1.165) is 0 Å². The summed E-state index contributed by atoms with van der Waals surface area (Å²) in [4.78, 5) is 0. The Morgan fingerprint density at radius 1 is 0.714 bits per heavy atom. The van der Waals surface area contributed by atoms with Crippen molar-refractivity contribution in [2.45, 2.75) is 27.2 Å². The first-order valence-electron chi connectivity index (χ1n) is 8.04. The van der Waals surface area contributed by atoms with E-state index in [2.05, 4.69) is 81.4 Å². The van der Waals surface area contributed by atoms with Gasteiger partial charge in [0.2, 0.25) is 0 Å². The van der Waals surface area contributed by atoms with Crippen LogP contribution in [0, 0.1) is 0 Å². The summed E-state index contributed by atoms with van der Waals surface area (Å²) in [5.41, 5.74) is 0. The van der Waals surface area contributed by atoms with E-state index >= 15 is 0 Å². The zero-order valence-corrected chi connectivity index (χ0v) is 15.3. The van der Waals surface area contributed by atoms with Crippen molar-refractivity contribution in [1.82, 2.24) is 0 Å². The monoisotopic (exact) mass is 317 g/mol. The van der Waals surface area contributed by atoms with Crippen molar-refractivity contribution in [3.8, 4) is 0 Å². The van der Waals surface area contributed by atoms with Crippen molar-refractivity contribution in [3.63, 3.8) is 0 Å². The van der Waals surface area contributed by atoms with Gasteiger partial charge in [-0.25, -0.2) is 0 Å². The molecule has 0 aromatic heterocycles. The fourth-order valence-corrected chi connectivity index (χ4v) is 15.5. The van der Waals surface area contributed by atoms with Crippen molar-refractivity contribution in [2.75, 3.05) is 18.5 Å². The molecule has 1 radical (unpaired) electrons. The molecule has 0 unspecified atom stereocenters. The minimum Gasteiger partial charge on any atom is -0.0771 e. The molecule has 0 saturated heterocycles. The number of benzene rings is 2. The molecule has 2 aromatic rings. The van der Waals surface area contributed by atoms with Crippen LogP contribution in [-0.4, -0.2) is 18.5 Å². The molecule has 2 rings (SSSR count). The van der Waals surface area contributed by atoms with Gasteiger partial charge in [-0.15, -0.1) is 0 Å². The van der Waals surface area contributed by atoms with Gasteiger partial charge in [-0.05, 0) is 36.0 Å². The average Bonchev–Trinajstić information content (AvgIpc) is 2.56. The predicted molar refractivity (Wildman–Crippen MR) is 102 cm³/mol. The summed E-state index contributed by atoms with van der Waals surface area (Å²) in [5, 5.41) is 3.24. The molecule has 2 aromatic carbocycles. The first-order chi connectivity index (χ1) is 10.3. The molecule has 0 aliphatic heterocycles. The van der Waals surface area contributed by atoms with Crippen LogP contribution in [-0.2, 0) is 0 Å². The van der Waals surface area contributed by atoms with E-state index in [1.807, 2.05) is 0 Å². The molecule has 113 valence electrons. The van der Waals surface area contributed by atoms with Gasteiger partial charge in [0.25, 0.3) is 0 Å². The summed E-state index contributed by atoms with van der Waals surface area (Å²) >= 11 is 0. The lowest BCUT2D eigenvalue weighted by atomic mass is 10.4. The normalized spacial score (nSPS) is 11.8. The Morgan fingerprint density at radius 2 is 1.14 bits per heavy atom. The van der Waals surface area contributed by atoms with Crippen LogP contribution >= 0.6 is 14.6 Å².